The van der Waals surface area contributed by atoms with Gasteiger partial charge < -0.3 is 5.32 Å². The summed E-state index contributed by atoms with van der Waals surface area (Å²) in [7, 11) is 0. The van der Waals surface area contributed by atoms with E-state index in [1.807, 2.05) is 13.0 Å². The molecule has 4 heteroatoms. The molecular formula is C15H24N2O2. The number of aryl methyl sites for hydroxylation is 1. The van der Waals surface area contributed by atoms with Crippen LogP contribution in [-0.2, 0) is 0 Å². The highest BCUT2D eigenvalue weighted by Crippen LogP contribution is 2.28. The molecule has 1 aromatic carbocycles. The average Bonchev–Trinajstić information content (AvgIpc) is 2.30. The average molecular weight is 264 g/mol. The van der Waals surface area contributed by atoms with Crippen LogP contribution < -0.4 is 5.32 Å². The monoisotopic (exact) mass is 264 g/mol. The highest BCUT2D eigenvalue weighted by molar-refractivity contribution is 5.66. The van der Waals surface area contributed by atoms with Gasteiger partial charge >= 0.3 is 0 Å². The van der Waals surface area contributed by atoms with E-state index in [0.717, 1.165) is 18.4 Å². The summed E-state index contributed by atoms with van der Waals surface area (Å²) in [6, 6.07) is 5.42. The van der Waals surface area contributed by atoms with Crippen LogP contribution >= 0.6 is 0 Å². The van der Waals surface area contributed by atoms with E-state index in [1.165, 1.54) is 6.42 Å². The van der Waals surface area contributed by atoms with Crippen LogP contribution in [0.3, 0.4) is 0 Å². The molecule has 0 amide bonds. The fraction of sp³-hybridized carbons (Fsp3) is 0.600. The van der Waals surface area contributed by atoms with Crippen LogP contribution in [0.4, 0.5) is 11.4 Å². The summed E-state index contributed by atoms with van der Waals surface area (Å²) in [6.07, 6.45) is 3.37. The molecule has 0 radical (unpaired) electrons. The lowest BCUT2D eigenvalue weighted by atomic mass is 10.0. The van der Waals surface area contributed by atoms with Crippen molar-refractivity contribution in [2.24, 2.45) is 5.92 Å². The minimum Gasteiger partial charge on any atom is -0.377 e. The molecule has 0 saturated heterocycles. The molecule has 1 unspecified atom stereocenters. The van der Waals surface area contributed by atoms with Crippen LogP contribution in [0.15, 0.2) is 18.2 Å². The summed E-state index contributed by atoms with van der Waals surface area (Å²) < 4.78 is 0. The van der Waals surface area contributed by atoms with Crippen molar-refractivity contribution in [3.05, 3.63) is 33.9 Å². The molecule has 1 atom stereocenters. The maximum atomic E-state index is 11.0. The van der Waals surface area contributed by atoms with Crippen molar-refractivity contribution in [2.45, 2.75) is 53.0 Å². The molecule has 0 fully saturated rings. The van der Waals surface area contributed by atoms with Crippen molar-refractivity contribution in [2.75, 3.05) is 5.32 Å². The van der Waals surface area contributed by atoms with Gasteiger partial charge in [-0.3, -0.25) is 10.1 Å². The number of nitrogens with zero attached hydrogens (tertiary/aromatic N) is 1. The van der Waals surface area contributed by atoms with Crippen molar-refractivity contribution in [3.63, 3.8) is 0 Å². The van der Waals surface area contributed by atoms with E-state index in [4.69, 9.17) is 0 Å². The van der Waals surface area contributed by atoms with Gasteiger partial charge in [0.05, 0.1) is 4.92 Å². The maximum absolute atomic E-state index is 11.0. The molecule has 19 heavy (non-hydrogen) atoms. The van der Waals surface area contributed by atoms with Crippen LogP contribution in [0.25, 0.3) is 0 Å². The molecule has 1 N–H and O–H groups in total. The number of para-hydroxylation sites is 1. The van der Waals surface area contributed by atoms with Gasteiger partial charge in [-0.05, 0) is 31.7 Å². The Labute approximate surface area is 115 Å². The van der Waals surface area contributed by atoms with Crippen molar-refractivity contribution in [1.29, 1.82) is 0 Å². The summed E-state index contributed by atoms with van der Waals surface area (Å²) in [5, 5.41) is 14.3. The number of nitro groups is 1. The van der Waals surface area contributed by atoms with Crippen LogP contribution in [0.2, 0.25) is 0 Å². The number of benzene rings is 1. The lowest BCUT2D eigenvalue weighted by molar-refractivity contribution is -0.384. The van der Waals surface area contributed by atoms with Gasteiger partial charge in [-0.1, -0.05) is 38.8 Å². The predicted molar refractivity (Wildman–Crippen MR) is 79.6 cm³/mol. The molecule has 0 aliphatic carbocycles. The minimum atomic E-state index is -0.323. The Bertz CT molecular complexity index is 430. The standard InChI is InChI=1S/C15H24N2O2/c1-11(2)7-5-9-13(4)16-15-12(3)8-6-10-14(15)17(18)19/h6,8,10-11,13,16H,5,7,9H2,1-4H3. The first-order chi connectivity index (χ1) is 8.91. The number of nitro benzene ring substituents is 1. The molecule has 4 nitrogen and oxygen atoms in total. The van der Waals surface area contributed by atoms with Crippen LogP contribution in [-0.4, -0.2) is 11.0 Å². The summed E-state index contributed by atoms with van der Waals surface area (Å²) in [5.74, 6) is 0.708. The molecular weight excluding hydrogens is 240 g/mol. The normalized spacial score (nSPS) is 12.5. The van der Waals surface area contributed by atoms with E-state index in [0.29, 0.717) is 11.6 Å². The molecule has 0 aliphatic heterocycles. The highest BCUT2D eigenvalue weighted by atomic mass is 16.6. The quantitative estimate of drug-likeness (QED) is 0.581. The number of hydrogen-bond donors (Lipinski definition) is 1. The summed E-state index contributed by atoms with van der Waals surface area (Å²) in [4.78, 5) is 10.7. The number of anilines is 1. The Kier molecular flexibility index (Phi) is 5.80. The number of nitrogens with one attached hydrogen (secondary N) is 1. The van der Waals surface area contributed by atoms with E-state index < -0.39 is 0 Å². The maximum Gasteiger partial charge on any atom is 0.292 e. The van der Waals surface area contributed by atoms with E-state index in [1.54, 1.807) is 12.1 Å². The van der Waals surface area contributed by atoms with Crippen molar-refractivity contribution >= 4 is 11.4 Å². The second-order valence-corrected chi connectivity index (χ2v) is 5.60. The molecule has 0 saturated carbocycles. The number of rotatable bonds is 7. The lowest BCUT2D eigenvalue weighted by Gasteiger charge is -2.17. The summed E-state index contributed by atoms with van der Waals surface area (Å²) in [6.45, 7) is 8.40. The Hall–Kier alpha value is -1.58. The van der Waals surface area contributed by atoms with Crippen molar-refractivity contribution in [1.82, 2.24) is 0 Å². The van der Waals surface area contributed by atoms with Gasteiger partial charge in [-0.2, -0.15) is 0 Å². The van der Waals surface area contributed by atoms with E-state index >= 15 is 0 Å². The van der Waals surface area contributed by atoms with Crippen LogP contribution in [0.5, 0.6) is 0 Å². The Morgan fingerprint density at radius 3 is 2.53 bits per heavy atom. The molecule has 0 spiro atoms. The first kappa shape index (κ1) is 15.5. The van der Waals surface area contributed by atoms with Crippen LogP contribution in [0.1, 0.15) is 45.6 Å². The highest BCUT2D eigenvalue weighted by Gasteiger charge is 2.16. The minimum absolute atomic E-state index is 0.163. The van der Waals surface area contributed by atoms with Crippen LogP contribution in [0, 0.1) is 23.0 Å². The van der Waals surface area contributed by atoms with Crippen molar-refractivity contribution < 1.29 is 4.92 Å². The molecule has 0 heterocycles. The third kappa shape index (κ3) is 4.89. The van der Waals surface area contributed by atoms with Gasteiger partial charge in [0, 0.05) is 12.1 Å². The zero-order valence-corrected chi connectivity index (χ0v) is 12.3. The van der Waals surface area contributed by atoms with Gasteiger partial charge in [0.1, 0.15) is 5.69 Å². The second kappa shape index (κ2) is 7.12. The Morgan fingerprint density at radius 2 is 1.95 bits per heavy atom. The zero-order valence-electron chi connectivity index (χ0n) is 12.3. The third-order valence-corrected chi connectivity index (χ3v) is 3.26. The van der Waals surface area contributed by atoms with Gasteiger partial charge in [-0.25, -0.2) is 0 Å². The third-order valence-electron chi connectivity index (χ3n) is 3.26. The fourth-order valence-corrected chi connectivity index (χ4v) is 2.14. The van der Waals surface area contributed by atoms with Crippen molar-refractivity contribution in [3.8, 4) is 0 Å². The zero-order chi connectivity index (χ0) is 14.4. The fourth-order valence-electron chi connectivity index (χ4n) is 2.14. The molecule has 0 aliphatic rings. The summed E-state index contributed by atoms with van der Waals surface area (Å²) in [5.41, 5.74) is 1.74. The summed E-state index contributed by atoms with van der Waals surface area (Å²) >= 11 is 0. The lowest BCUT2D eigenvalue weighted by Crippen LogP contribution is -2.17. The molecule has 1 aromatic rings. The topological polar surface area (TPSA) is 55.2 Å². The molecule has 1 rings (SSSR count). The SMILES string of the molecule is Cc1cccc([N+](=O)[O-])c1NC(C)CCCC(C)C. The molecule has 0 bridgehead atoms. The number of hydrogen-bond acceptors (Lipinski definition) is 3. The van der Waals surface area contributed by atoms with Gasteiger partial charge in [-0.15, -0.1) is 0 Å². The smallest absolute Gasteiger partial charge is 0.292 e. The Morgan fingerprint density at radius 1 is 1.26 bits per heavy atom. The molecule has 0 aromatic heterocycles. The van der Waals surface area contributed by atoms with Gasteiger partial charge in [0.25, 0.3) is 5.69 Å². The largest absolute Gasteiger partial charge is 0.377 e. The molecule has 106 valence electrons. The van der Waals surface area contributed by atoms with E-state index in [9.17, 15) is 10.1 Å². The Balaban J connectivity index is 2.68. The van der Waals surface area contributed by atoms with E-state index in [-0.39, 0.29) is 16.7 Å². The van der Waals surface area contributed by atoms with E-state index in [2.05, 4.69) is 26.1 Å². The van der Waals surface area contributed by atoms with Gasteiger partial charge in [0.15, 0.2) is 0 Å². The first-order valence-corrected chi connectivity index (χ1v) is 6.92. The first-order valence-electron chi connectivity index (χ1n) is 6.92. The second-order valence-electron chi connectivity index (χ2n) is 5.60. The van der Waals surface area contributed by atoms with Gasteiger partial charge in [0.2, 0.25) is 0 Å². The predicted octanol–water partition coefficient (Wildman–Crippen LogP) is 4.53.